The van der Waals surface area contributed by atoms with Gasteiger partial charge in [0.05, 0.1) is 5.52 Å². The fourth-order valence-electron chi connectivity index (χ4n) is 3.23. The summed E-state index contributed by atoms with van der Waals surface area (Å²) in [4.78, 5) is 16.9. The normalized spacial score (nSPS) is 12.7. The Hall–Kier alpha value is -3.07. The van der Waals surface area contributed by atoms with E-state index in [-0.39, 0.29) is 10.6 Å². The number of thiophene rings is 1. The molecular weight excluding hydrogens is 432 g/mol. The SMILES string of the molecule is Cc1ccc(-c2ccc(S(=O)(=O)N[C@@H](Cc3cnc4ccccc4c3)C(=O)O)s2)cc1. The Morgan fingerprint density at radius 1 is 1.10 bits per heavy atom. The number of aromatic nitrogens is 1. The van der Waals surface area contributed by atoms with Gasteiger partial charge in [0.1, 0.15) is 10.3 Å². The molecule has 2 heterocycles. The molecule has 0 aliphatic rings. The van der Waals surface area contributed by atoms with E-state index in [0.29, 0.717) is 5.56 Å². The van der Waals surface area contributed by atoms with E-state index in [0.717, 1.165) is 38.2 Å². The molecule has 2 aromatic carbocycles. The fraction of sp³-hybridized carbons (Fsp3) is 0.130. The number of fused-ring (bicyclic) bond motifs is 1. The zero-order valence-corrected chi connectivity index (χ0v) is 18.3. The molecule has 0 aliphatic heterocycles. The molecule has 4 rings (SSSR count). The molecule has 4 aromatic rings. The predicted molar refractivity (Wildman–Crippen MR) is 122 cm³/mol. The van der Waals surface area contributed by atoms with Crippen LogP contribution < -0.4 is 4.72 Å². The Kier molecular flexibility index (Phi) is 5.86. The molecule has 0 saturated heterocycles. The molecule has 6 nitrogen and oxygen atoms in total. The molecular formula is C23H20N2O4S2. The van der Waals surface area contributed by atoms with Crippen LogP contribution in [0.3, 0.4) is 0 Å². The highest BCUT2D eigenvalue weighted by Gasteiger charge is 2.27. The predicted octanol–water partition coefficient (Wildman–Crippen LogP) is 4.25. The monoisotopic (exact) mass is 452 g/mol. The number of benzene rings is 2. The zero-order valence-electron chi connectivity index (χ0n) is 16.6. The number of para-hydroxylation sites is 1. The Morgan fingerprint density at radius 2 is 1.84 bits per heavy atom. The standard InChI is InChI=1S/C23H20N2O4S2/c1-15-6-8-17(9-7-15)21-10-11-22(30-21)31(28,29)25-20(23(26)27)13-16-12-18-4-2-3-5-19(18)24-14-16/h2-12,14,20,25H,13H2,1H3,(H,26,27)/t20-/m0/s1. The first-order chi connectivity index (χ1) is 14.8. The van der Waals surface area contributed by atoms with Gasteiger partial charge in [-0.15, -0.1) is 11.3 Å². The van der Waals surface area contributed by atoms with E-state index in [1.807, 2.05) is 61.5 Å². The van der Waals surface area contributed by atoms with Gasteiger partial charge >= 0.3 is 5.97 Å². The molecule has 0 radical (unpaired) electrons. The summed E-state index contributed by atoms with van der Waals surface area (Å²) in [6.07, 6.45) is 1.57. The lowest BCUT2D eigenvalue weighted by Crippen LogP contribution is -2.42. The van der Waals surface area contributed by atoms with Gasteiger partial charge in [-0.2, -0.15) is 4.72 Å². The van der Waals surface area contributed by atoms with E-state index in [4.69, 9.17) is 0 Å². The number of hydrogen-bond acceptors (Lipinski definition) is 5. The van der Waals surface area contributed by atoms with Gasteiger partial charge in [-0.3, -0.25) is 9.78 Å². The van der Waals surface area contributed by atoms with Gasteiger partial charge in [0, 0.05) is 22.9 Å². The van der Waals surface area contributed by atoms with Gasteiger partial charge in [-0.05, 0) is 42.3 Å². The molecule has 2 aromatic heterocycles. The summed E-state index contributed by atoms with van der Waals surface area (Å²) in [7, 11) is -4.00. The molecule has 31 heavy (non-hydrogen) atoms. The van der Waals surface area contributed by atoms with E-state index < -0.39 is 22.0 Å². The number of nitrogens with zero attached hydrogens (tertiary/aromatic N) is 1. The second-order valence-corrected chi connectivity index (χ2v) is 10.3. The van der Waals surface area contributed by atoms with E-state index >= 15 is 0 Å². The van der Waals surface area contributed by atoms with E-state index in [1.54, 1.807) is 12.3 Å². The summed E-state index contributed by atoms with van der Waals surface area (Å²) in [5.41, 5.74) is 3.46. The van der Waals surface area contributed by atoms with Gasteiger partial charge in [0.25, 0.3) is 10.0 Å². The summed E-state index contributed by atoms with van der Waals surface area (Å²) in [6.45, 7) is 1.98. The van der Waals surface area contributed by atoms with Crippen LogP contribution in [0.15, 0.2) is 77.1 Å². The number of hydrogen-bond donors (Lipinski definition) is 2. The molecule has 2 N–H and O–H groups in total. The highest BCUT2D eigenvalue weighted by molar-refractivity contribution is 7.91. The first kappa shape index (κ1) is 21.2. The van der Waals surface area contributed by atoms with Crippen molar-refractivity contribution in [1.82, 2.24) is 9.71 Å². The van der Waals surface area contributed by atoms with Crippen LogP contribution in [-0.2, 0) is 21.2 Å². The van der Waals surface area contributed by atoms with E-state index in [2.05, 4.69) is 9.71 Å². The van der Waals surface area contributed by atoms with Gasteiger partial charge < -0.3 is 5.11 Å². The van der Waals surface area contributed by atoms with Crippen LogP contribution >= 0.6 is 11.3 Å². The molecule has 0 aliphatic carbocycles. The topological polar surface area (TPSA) is 96.4 Å². The minimum Gasteiger partial charge on any atom is -0.480 e. The third kappa shape index (κ3) is 4.82. The van der Waals surface area contributed by atoms with Crippen molar-refractivity contribution in [2.75, 3.05) is 0 Å². The van der Waals surface area contributed by atoms with Gasteiger partial charge in [0.15, 0.2) is 0 Å². The van der Waals surface area contributed by atoms with Crippen LogP contribution in [0.25, 0.3) is 21.3 Å². The first-order valence-corrected chi connectivity index (χ1v) is 11.9. The molecule has 0 fully saturated rings. The number of aryl methyl sites for hydroxylation is 1. The Labute approximate surface area is 184 Å². The largest absolute Gasteiger partial charge is 0.480 e. The van der Waals surface area contributed by atoms with Crippen molar-refractivity contribution >= 4 is 38.2 Å². The van der Waals surface area contributed by atoms with Crippen LogP contribution in [-0.4, -0.2) is 30.5 Å². The fourth-order valence-corrected chi connectivity index (χ4v) is 5.74. The molecule has 8 heteroatoms. The van der Waals surface area contributed by atoms with Gasteiger partial charge in [0.2, 0.25) is 0 Å². The smallest absolute Gasteiger partial charge is 0.322 e. The quantitative estimate of drug-likeness (QED) is 0.437. The summed E-state index contributed by atoms with van der Waals surface area (Å²) in [5.74, 6) is -1.24. The second kappa shape index (κ2) is 8.58. The molecule has 0 amide bonds. The summed E-state index contributed by atoms with van der Waals surface area (Å²) < 4.78 is 28.1. The summed E-state index contributed by atoms with van der Waals surface area (Å²) in [6, 6.07) is 19.0. The van der Waals surface area contributed by atoms with Crippen molar-refractivity contribution < 1.29 is 18.3 Å². The highest BCUT2D eigenvalue weighted by atomic mass is 32.2. The number of nitrogens with one attached hydrogen (secondary N) is 1. The maximum absolute atomic E-state index is 12.9. The average molecular weight is 453 g/mol. The van der Waals surface area contributed by atoms with Crippen LogP contribution in [0.5, 0.6) is 0 Å². The number of carboxylic acid groups (broad SMARTS) is 1. The van der Waals surface area contributed by atoms with Crippen molar-refractivity contribution in [3.05, 3.63) is 84.1 Å². The third-order valence-corrected chi connectivity index (χ3v) is 7.96. The van der Waals surface area contributed by atoms with Crippen molar-refractivity contribution in [3.8, 4) is 10.4 Å². The zero-order chi connectivity index (χ0) is 22.0. The second-order valence-electron chi connectivity index (χ2n) is 7.24. The molecule has 0 spiro atoms. The number of carbonyl (C=O) groups is 1. The highest BCUT2D eigenvalue weighted by Crippen LogP contribution is 2.31. The molecule has 158 valence electrons. The Bertz CT molecular complexity index is 1350. The Balaban J connectivity index is 1.55. The average Bonchev–Trinajstić information content (AvgIpc) is 3.25. The van der Waals surface area contributed by atoms with Gasteiger partial charge in [-0.1, -0.05) is 48.0 Å². The van der Waals surface area contributed by atoms with Crippen molar-refractivity contribution in [2.45, 2.75) is 23.6 Å². The maximum Gasteiger partial charge on any atom is 0.322 e. The number of pyridine rings is 1. The van der Waals surface area contributed by atoms with Crippen molar-refractivity contribution in [3.63, 3.8) is 0 Å². The van der Waals surface area contributed by atoms with Crippen LogP contribution in [0.4, 0.5) is 0 Å². The molecule has 0 saturated carbocycles. The van der Waals surface area contributed by atoms with Crippen LogP contribution in [0.2, 0.25) is 0 Å². The lowest BCUT2D eigenvalue weighted by Gasteiger charge is -2.14. The van der Waals surface area contributed by atoms with Crippen molar-refractivity contribution in [1.29, 1.82) is 0 Å². The maximum atomic E-state index is 12.9. The molecule has 0 unspecified atom stereocenters. The number of aliphatic carboxylic acids is 1. The number of carboxylic acids is 1. The van der Waals surface area contributed by atoms with E-state index in [1.165, 1.54) is 6.07 Å². The lowest BCUT2D eigenvalue weighted by atomic mass is 10.1. The van der Waals surface area contributed by atoms with E-state index in [9.17, 15) is 18.3 Å². The molecule has 1 atom stereocenters. The summed E-state index contributed by atoms with van der Waals surface area (Å²) in [5, 5.41) is 10.5. The number of sulfonamides is 1. The van der Waals surface area contributed by atoms with Crippen LogP contribution in [0, 0.1) is 6.92 Å². The van der Waals surface area contributed by atoms with Crippen LogP contribution in [0.1, 0.15) is 11.1 Å². The molecule has 0 bridgehead atoms. The van der Waals surface area contributed by atoms with Gasteiger partial charge in [-0.25, -0.2) is 8.42 Å². The third-order valence-electron chi connectivity index (χ3n) is 4.86. The minimum absolute atomic E-state index is 0.0113. The number of rotatable bonds is 7. The lowest BCUT2D eigenvalue weighted by molar-refractivity contribution is -0.138. The van der Waals surface area contributed by atoms with Crippen molar-refractivity contribution in [2.24, 2.45) is 0 Å². The first-order valence-electron chi connectivity index (χ1n) is 9.57. The minimum atomic E-state index is -4.00. The Morgan fingerprint density at radius 3 is 2.58 bits per heavy atom. The summed E-state index contributed by atoms with van der Waals surface area (Å²) >= 11 is 1.10.